The van der Waals surface area contributed by atoms with Crippen molar-refractivity contribution in [1.82, 2.24) is 4.57 Å². The standard InChI is InChI=1S/C14H13ClN2O2/c1-9(18)10-6-13(17(2)8-10)14(19)16-12-5-3-4-11(15)7-12/h3-8H,1-2H3,(H,16,19). The molecule has 1 aromatic heterocycles. The summed E-state index contributed by atoms with van der Waals surface area (Å²) in [5.41, 5.74) is 1.55. The number of Topliss-reactive ketones (excluding diaryl/α,β-unsaturated/α-hetero) is 1. The number of nitrogens with zero attached hydrogens (tertiary/aromatic N) is 1. The van der Waals surface area contributed by atoms with E-state index in [1.54, 1.807) is 48.1 Å². The number of carbonyl (C=O) groups excluding carboxylic acids is 2. The van der Waals surface area contributed by atoms with Crippen LogP contribution in [0.4, 0.5) is 5.69 Å². The van der Waals surface area contributed by atoms with Crippen molar-refractivity contribution in [1.29, 1.82) is 0 Å². The molecule has 0 aliphatic heterocycles. The summed E-state index contributed by atoms with van der Waals surface area (Å²) >= 11 is 5.85. The van der Waals surface area contributed by atoms with Crippen molar-refractivity contribution in [3.05, 3.63) is 52.8 Å². The molecule has 0 radical (unpaired) electrons. The molecule has 0 saturated heterocycles. The maximum Gasteiger partial charge on any atom is 0.272 e. The average Bonchev–Trinajstić information content (AvgIpc) is 2.71. The molecule has 5 heteroatoms. The van der Waals surface area contributed by atoms with Gasteiger partial charge in [0.1, 0.15) is 5.69 Å². The van der Waals surface area contributed by atoms with E-state index in [1.807, 2.05) is 0 Å². The summed E-state index contributed by atoms with van der Waals surface area (Å²) in [6.45, 7) is 1.47. The number of ketones is 1. The molecule has 2 rings (SSSR count). The van der Waals surface area contributed by atoms with Gasteiger partial charge in [-0.3, -0.25) is 9.59 Å². The number of benzene rings is 1. The fourth-order valence-electron chi connectivity index (χ4n) is 1.74. The van der Waals surface area contributed by atoms with Crippen LogP contribution in [-0.4, -0.2) is 16.3 Å². The van der Waals surface area contributed by atoms with E-state index in [0.717, 1.165) is 0 Å². The highest BCUT2D eigenvalue weighted by Crippen LogP contribution is 2.16. The van der Waals surface area contributed by atoms with Gasteiger partial charge in [-0.2, -0.15) is 0 Å². The number of aromatic nitrogens is 1. The maximum absolute atomic E-state index is 12.1. The quantitative estimate of drug-likeness (QED) is 0.876. The first-order valence-corrected chi connectivity index (χ1v) is 6.09. The van der Waals surface area contributed by atoms with Crippen molar-refractivity contribution in [3.8, 4) is 0 Å². The average molecular weight is 277 g/mol. The fraction of sp³-hybridized carbons (Fsp3) is 0.143. The first-order valence-electron chi connectivity index (χ1n) is 5.71. The number of nitrogens with one attached hydrogen (secondary N) is 1. The lowest BCUT2D eigenvalue weighted by molar-refractivity contribution is 0.101. The van der Waals surface area contributed by atoms with Gasteiger partial charge in [-0.15, -0.1) is 0 Å². The summed E-state index contributed by atoms with van der Waals surface area (Å²) in [6, 6.07) is 8.46. The Morgan fingerprint density at radius 3 is 2.58 bits per heavy atom. The molecule has 2 aromatic rings. The van der Waals surface area contributed by atoms with Crippen LogP contribution in [0.5, 0.6) is 0 Å². The fourth-order valence-corrected chi connectivity index (χ4v) is 1.93. The molecule has 0 bridgehead atoms. The molecular weight excluding hydrogens is 264 g/mol. The van der Waals surface area contributed by atoms with Gasteiger partial charge in [0.15, 0.2) is 5.78 Å². The molecule has 0 fully saturated rings. The van der Waals surface area contributed by atoms with Gasteiger partial charge in [0.05, 0.1) is 0 Å². The summed E-state index contributed by atoms with van der Waals surface area (Å²) in [5, 5.41) is 3.29. The summed E-state index contributed by atoms with van der Waals surface area (Å²) in [7, 11) is 1.72. The first-order chi connectivity index (χ1) is 8.97. The van der Waals surface area contributed by atoms with E-state index in [4.69, 9.17) is 11.6 Å². The lowest BCUT2D eigenvalue weighted by Crippen LogP contribution is -2.15. The summed E-state index contributed by atoms with van der Waals surface area (Å²) < 4.78 is 1.62. The van der Waals surface area contributed by atoms with Crippen LogP contribution in [0.2, 0.25) is 5.02 Å². The molecule has 1 amide bonds. The van der Waals surface area contributed by atoms with Gasteiger partial charge in [-0.05, 0) is 31.2 Å². The third-order valence-corrected chi connectivity index (χ3v) is 2.96. The van der Waals surface area contributed by atoms with Crippen molar-refractivity contribution in [3.63, 3.8) is 0 Å². The van der Waals surface area contributed by atoms with Crippen molar-refractivity contribution < 1.29 is 9.59 Å². The topological polar surface area (TPSA) is 51.1 Å². The number of carbonyl (C=O) groups is 2. The Morgan fingerprint density at radius 1 is 1.26 bits per heavy atom. The van der Waals surface area contributed by atoms with E-state index in [-0.39, 0.29) is 11.7 Å². The molecule has 0 atom stereocenters. The molecule has 98 valence electrons. The Bertz CT molecular complexity index is 647. The van der Waals surface area contributed by atoms with Crippen LogP contribution in [0.25, 0.3) is 0 Å². The number of anilines is 1. The van der Waals surface area contributed by atoms with E-state index < -0.39 is 0 Å². The van der Waals surface area contributed by atoms with Crippen molar-refractivity contribution in [2.75, 3.05) is 5.32 Å². The summed E-state index contributed by atoms with van der Waals surface area (Å²) in [5.74, 6) is -0.352. The highest BCUT2D eigenvalue weighted by atomic mass is 35.5. The van der Waals surface area contributed by atoms with Gasteiger partial charge >= 0.3 is 0 Å². The smallest absolute Gasteiger partial charge is 0.272 e. The minimum absolute atomic E-state index is 0.0718. The van der Waals surface area contributed by atoms with Gasteiger partial charge < -0.3 is 9.88 Å². The van der Waals surface area contributed by atoms with Crippen LogP contribution < -0.4 is 5.32 Å². The van der Waals surface area contributed by atoms with Crippen LogP contribution in [0.3, 0.4) is 0 Å². The van der Waals surface area contributed by atoms with Crippen LogP contribution >= 0.6 is 11.6 Å². The van der Waals surface area contributed by atoms with Crippen molar-refractivity contribution >= 4 is 29.0 Å². The van der Waals surface area contributed by atoms with Crippen LogP contribution in [0, 0.1) is 0 Å². The van der Waals surface area contributed by atoms with Crippen molar-refractivity contribution in [2.24, 2.45) is 7.05 Å². The Hall–Kier alpha value is -2.07. The molecule has 1 heterocycles. The lowest BCUT2D eigenvalue weighted by Gasteiger charge is -2.06. The molecule has 0 spiro atoms. The number of halogens is 1. The second-order valence-corrected chi connectivity index (χ2v) is 4.68. The monoisotopic (exact) mass is 276 g/mol. The summed E-state index contributed by atoms with van der Waals surface area (Å²) in [4.78, 5) is 23.4. The third kappa shape index (κ3) is 3.03. The minimum Gasteiger partial charge on any atom is -0.346 e. The Balaban J connectivity index is 2.23. The predicted octanol–water partition coefficient (Wildman–Crippen LogP) is 3.13. The number of hydrogen-bond donors (Lipinski definition) is 1. The number of amides is 1. The Morgan fingerprint density at radius 2 is 2.00 bits per heavy atom. The van der Waals surface area contributed by atoms with Gasteiger partial charge in [0, 0.05) is 29.5 Å². The first kappa shape index (κ1) is 13.4. The largest absolute Gasteiger partial charge is 0.346 e. The minimum atomic E-state index is -0.280. The number of rotatable bonds is 3. The molecule has 1 aromatic carbocycles. The SMILES string of the molecule is CC(=O)c1cc(C(=O)Nc2cccc(Cl)c2)n(C)c1. The summed E-state index contributed by atoms with van der Waals surface area (Å²) in [6.07, 6.45) is 1.63. The zero-order valence-electron chi connectivity index (χ0n) is 10.6. The second-order valence-electron chi connectivity index (χ2n) is 4.25. The van der Waals surface area contributed by atoms with E-state index >= 15 is 0 Å². The predicted molar refractivity (Wildman–Crippen MR) is 74.8 cm³/mol. The zero-order chi connectivity index (χ0) is 14.0. The number of aryl methyl sites for hydroxylation is 1. The molecule has 0 aliphatic carbocycles. The molecule has 4 nitrogen and oxygen atoms in total. The van der Waals surface area contributed by atoms with E-state index in [2.05, 4.69) is 5.32 Å². The Kier molecular flexibility index (Phi) is 3.71. The van der Waals surface area contributed by atoms with Crippen molar-refractivity contribution in [2.45, 2.75) is 6.92 Å². The number of hydrogen-bond acceptors (Lipinski definition) is 2. The molecule has 19 heavy (non-hydrogen) atoms. The lowest BCUT2D eigenvalue weighted by atomic mass is 10.2. The second kappa shape index (κ2) is 5.28. The van der Waals surface area contributed by atoms with Crippen LogP contribution in [-0.2, 0) is 7.05 Å². The van der Waals surface area contributed by atoms with Gasteiger partial charge in [0.2, 0.25) is 0 Å². The van der Waals surface area contributed by atoms with E-state index in [1.165, 1.54) is 6.92 Å². The molecular formula is C14H13ClN2O2. The van der Waals surface area contributed by atoms with Crippen LogP contribution in [0.15, 0.2) is 36.5 Å². The maximum atomic E-state index is 12.1. The molecule has 0 aliphatic rings. The normalized spacial score (nSPS) is 10.3. The third-order valence-electron chi connectivity index (χ3n) is 2.73. The highest BCUT2D eigenvalue weighted by Gasteiger charge is 2.13. The van der Waals surface area contributed by atoms with Gasteiger partial charge in [-0.25, -0.2) is 0 Å². The highest BCUT2D eigenvalue weighted by molar-refractivity contribution is 6.30. The van der Waals surface area contributed by atoms with Crippen LogP contribution in [0.1, 0.15) is 27.8 Å². The van der Waals surface area contributed by atoms with E-state index in [0.29, 0.717) is 22.0 Å². The Labute approximate surface area is 116 Å². The molecule has 0 unspecified atom stereocenters. The van der Waals surface area contributed by atoms with Gasteiger partial charge in [0.25, 0.3) is 5.91 Å². The zero-order valence-corrected chi connectivity index (χ0v) is 11.4. The molecule has 1 N–H and O–H groups in total. The van der Waals surface area contributed by atoms with E-state index in [9.17, 15) is 9.59 Å². The molecule has 0 saturated carbocycles. The van der Waals surface area contributed by atoms with Gasteiger partial charge in [-0.1, -0.05) is 17.7 Å².